The largest absolute Gasteiger partial charge is 0.375 e. The Labute approximate surface area is 153 Å². The number of amides is 2. The van der Waals surface area contributed by atoms with Crippen molar-refractivity contribution in [2.24, 2.45) is 0 Å². The zero-order chi connectivity index (χ0) is 18.5. The summed E-state index contributed by atoms with van der Waals surface area (Å²) in [6, 6.07) is 8.00. The number of nitrogens with one attached hydrogen (secondary N) is 3. The molecular formula is C19H26N4O3. The van der Waals surface area contributed by atoms with E-state index in [1.807, 2.05) is 19.2 Å². The SMILES string of the molecule is CCNC(=O)[C@@H]1C[C@H](NC(=O)COC)CN1Cc1ccc2[nH]ccc2c1. The van der Waals surface area contributed by atoms with Gasteiger partial charge in [0.1, 0.15) is 6.61 Å². The van der Waals surface area contributed by atoms with Crippen molar-refractivity contribution in [3.63, 3.8) is 0 Å². The molecule has 2 atom stereocenters. The predicted octanol–water partition coefficient (Wildman–Crippen LogP) is 1.01. The maximum Gasteiger partial charge on any atom is 0.246 e. The third-order valence-corrected chi connectivity index (χ3v) is 4.70. The van der Waals surface area contributed by atoms with Crippen LogP contribution in [0, 0.1) is 0 Å². The van der Waals surface area contributed by atoms with E-state index in [2.05, 4.69) is 38.7 Å². The molecule has 26 heavy (non-hydrogen) atoms. The number of hydrogen-bond acceptors (Lipinski definition) is 4. The number of ether oxygens (including phenoxy) is 1. The molecule has 0 spiro atoms. The molecule has 1 fully saturated rings. The van der Waals surface area contributed by atoms with Crippen molar-refractivity contribution in [3.8, 4) is 0 Å². The first kappa shape index (κ1) is 18.4. The van der Waals surface area contributed by atoms with Crippen molar-refractivity contribution < 1.29 is 14.3 Å². The number of carbonyl (C=O) groups is 2. The van der Waals surface area contributed by atoms with Crippen molar-refractivity contribution >= 4 is 22.7 Å². The van der Waals surface area contributed by atoms with Crippen molar-refractivity contribution in [3.05, 3.63) is 36.0 Å². The van der Waals surface area contributed by atoms with E-state index in [9.17, 15) is 9.59 Å². The summed E-state index contributed by atoms with van der Waals surface area (Å²) in [7, 11) is 1.50. The van der Waals surface area contributed by atoms with Crippen LogP contribution in [0.5, 0.6) is 0 Å². The van der Waals surface area contributed by atoms with Crippen molar-refractivity contribution in [1.29, 1.82) is 0 Å². The van der Waals surface area contributed by atoms with Crippen LogP contribution in [0.4, 0.5) is 0 Å². The number of H-pyrrole nitrogens is 1. The second kappa shape index (κ2) is 8.33. The first-order chi connectivity index (χ1) is 12.6. The van der Waals surface area contributed by atoms with Gasteiger partial charge in [0.05, 0.1) is 6.04 Å². The van der Waals surface area contributed by atoms with E-state index in [0.29, 0.717) is 26.1 Å². The normalized spacial score (nSPS) is 20.4. The first-order valence-corrected chi connectivity index (χ1v) is 8.96. The number of likely N-dealkylation sites (N-methyl/N-ethyl adjacent to an activating group) is 1. The Morgan fingerprint density at radius 1 is 1.35 bits per heavy atom. The minimum atomic E-state index is -0.246. The molecule has 7 nitrogen and oxygen atoms in total. The Kier molecular flexibility index (Phi) is 5.90. The zero-order valence-corrected chi connectivity index (χ0v) is 15.2. The van der Waals surface area contributed by atoms with Crippen LogP contribution in [-0.2, 0) is 20.9 Å². The Bertz CT molecular complexity index is 773. The Morgan fingerprint density at radius 3 is 2.96 bits per heavy atom. The van der Waals surface area contributed by atoms with Crippen LogP contribution in [0.1, 0.15) is 18.9 Å². The molecule has 1 aromatic carbocycles. The second-order valence-corrected chi connectivity index (χ2v) is 6.67. The lowest BCUT2D eigenvalue weighted by Gasteiger charge is -2.23. The van der Waals surface area contributed by atoms with Crippen LogP contribution in [0.2, 0.25) is 0 Å². The van der Waals surface area contributed by atoms with Crippen LogP contribution >= 0.6 is 0 Å². The maximum atomic E-state index is 12.5. The van der Waals surface area contributed by atoms with Gasteiger partial charge in [-0.25, -0.2) is 0 Å². The van der Waals surface area contributed by atoms with Crippen molar-refractivity contribution in [2.75, 3.05) is 26.8 Å². The number of likely N-dealkylation sites (tertiary alicyclic amines) is 1. The molecule has 2 aromatic rings. The molecule has 0 aliphatic carbocycles. The topological polar surface area (TPSA) is 86.5 Å². The number of rotatable bonds is 7. The third kappa shape index (κ3) is 4.23. The van der Waals surface area contributed by atoms with E-state index in [1.165, 1.54) is 7.11 Å². The monoisotopic (exact) mass is 358 g/mol. The Morgan fingerprint density at radius 2 is 2.19 bits per heavy atom. The van der Waals surface area contributed by atoms with Gasteiger partial charge in [-0.1, -0.05) is 6.07 Å². The second-order valence-electron chi connectivity index (χ2n) is 6.67. The molecule has 0 saturated carbocycles. The van der Waals surface area contributed by atoms with Crippen molar-refractivity contribution in [2.45, 2.75) is 32.0 Å². The summed E-state index contributed by atoms with van der Waals surface area (Å²) in [5.41, 5.74) is 2.25. The average molecular weight is 358 g/mol. The fourth-order valence-corrected chi connectivity index (χ4v) is 3.58. The molecule has 3 N–H and O–H groups in total. The number of benzene rings is 1. The predicted molar refractivity (Wildman–Crippen MR) is 99.6 cm³/mol. The van der Waals surface area contributed by atoms with E-state index < -0.39 is 0 Å². The van der Waals surface area contributed by atoms with Gasteiger partial charge in [0, 0.05) is 44.5 Å². The number of hydrogen-bond donors (Lipinski definition) is 3. The molecule has 2 heterocycles. The summed E-state index contributed by atoms with van der Waals surface area (Å²) in [5.74, 6) is -0.138. The van der Waals surface area contributed by atoms with Crippen LogP contribution < -0.4 is 10.6 Å². The number of methoxy groups -OCH3 is 1. The molecule has 1 aromatic heterocycles. The lowest BCUT2D eigenvalue weighted by atomic mass is 10.1. The van der Waals surface area contributed by atoms with E-state index in [0.717, 1.165) is 16.5 Å². The molecule has 3 rings (SSSR count). The summed E-state index contributed by atoms with van der Waals surface area (Å²) in [6.07, 6.45) is 2.52. The number of carbonyl (C=O) groups excluding carboxylic acids is 2. The van der Waals surface area contributed by atoms with Gasteiger partial charge in [-0.15, -0.1) is 0 Å². The van der Waals surface area contributed by atoms with Gasteiger partial charge < -0.3 is 20.4 Å². The van der Waals surface area contributed by atoms with Gasteiger partial charge in [-0.05, 0) is 42.5 Å². The standard InChI is InChI=1S/C19H26N4O3/c1-3-20-19(25)17-9-15(22-18(24)12-26-2)11-23(17)10-13-4-5-16-14(8-13)6-7-21-16/h4-8,15,17,21H,3,9-12H2,1-2H3,(H,20,25)(H,22,24)/t15-,17-/m0/s1. The molecule has 1 aliphatic rings. The Hall–Kier alpha value is -2.38. The fraction of sp³-hybridized carbons (Fsp3) is 0.474. The van der Waals surface area contributed by atoms with Crippen LogP contribution in [0.3, 0.4) is 0 Å². The van der Waals surface area contributed by atoms with Crippen LogP contribution in [0.15, 0.2) is 30.5 Å². The smallest absolute Gasteiger partial charge is 0.246 e. The van der Waals surface area contributed by atoms with Gasteiger partial charge in [-0.2, -0.15) is 0 Å². The Balaban J connectivity index is 1.72. The average Bonchev–Trinajstić information content (AvgIpc) is 3.21. The van der Waals surface area contributed by atoms with Crippen molar-refractivity contribution in [1.82, 2.24) is 20.5 Å². The van der Waals surface area contributed by atoms with E-state index >= 15 is 0 Å². The fourth-order valence-electron chi connectivity index (χ4n) is 3.58. The van der Waals surface area contributed by atoms with E-state index in [1.54, 1.807) is 0 Å². The molecule has 0 bridgehead atoms. The number of nitrogens with zero attached hydrogens (tertiary/aromatic N) is 1. The molecule has 1 saturated heterocycles. The summed E-state index contributed by atoms with van der Waals surface area (Å²) in [4.78, 5) is 29.6. The highest BCUT2D eigenvalue weighted by atomic mass is 16.5. The highest BCUT2D eigenvalue weighted by Crippen LogP contribution is 2.23. The van der Waals surface area contributed by atoms with Crippen LogP contribution in [0.25, 0.3) is 10.9 Å². The zero-order valence-electron chi connectivity index (χ0n) is 15.2. The molecule has 1 aliphatic heterocycles. The lowest BCUT2D eigenvalue weighted by Crippen LogP contribution is -2.42. The van der Waals surface area contributed by atoms with Crippen LogP contribution in [-0.4, -0.2) is 60.6 Å². The highest BCUT2D eigenvalue weighted by Gasteiger charge is 2.37. The molecule has 140 valence electrons. The summed E-state index contributed by atoms with van der Waals surface area (Å²) in [5, 5.41) is 7.02. The summed E-state index contributed by atoms with van der Waals surface area (Å²) in [6.45, 7) is 3.85. The van der Waals surface area contributed by atoms with Gasteiger partial charge in [0.25, 0.3) is 0 Å². The number of fused-ring (bicyclic) bond motifs is 1. The molecule has 7 heteroatoms. The molecule has 0 radical (unpaired) electrons. The summed E-state index contributed by atoms with van der Waals surface area (Å²) < 4.78 is 4.87. The van der Waals surface area contributed by atoms with E-state index in [4.69, 9.17) is 4.74 Å². The number of aromatic nitrogens is 1. The molecular weight excluding hydrogens is 332 g/mol. The lowest BCUT2D eigenvalue weighted by molar-refractivity contribution is -0.126. The minimum absolute atomic E-state index is 0.0127. The third-order valence-electron chi connectivity index (χ3n) is 4.70. The van der Waals surface area contributed by atoms with Gasteiger partial charge in [0.15, 0.2) is 0 Å². The highest BCUT2D eigenvalue weighted by molar-refractivity contribution is 5.83. The minimum Gasteiger partial charge on any atom is -0.375 e. The first-order valence-electron chi connectivity index (χ1n) is 8.96. The van der Waals surface area contributed by atoms with Gasteiger partial charge >= 0.3 is 0 Å². The number of aromatic amines is 1. The summed E-state index contributed by atoms with van der Waals surface area (Å²) >= 11 is 0. The van der Waals surface area contributed by atoms with Gasteiger partial charge in [-0.3, -0.25) is 14.5 Å². The quantitative estimate of drug-likeness (QED) is 0.689. The van der Waals surface area contributed by atoms with Gasteiger partial charge in [0.2, 0.25) is 11.8 Å². The van der Waals surface area contributed by atoms with E-state index in [-0.39, 0.29) is 30.5 Å². The molecule has 0 unspecified atom stereocenters. The maximum absolute atomic E-state index is 12.5. The molecule has 2 amide bonds.